The van der Waals surface area contributed by atoms with Crippen molar-refractivity contribution in [1.29, 1.82) is 0 Å². The van der Waals surface area contributed by atoms with Gasteiger partial charge in [0.2, 0.25) is 0 Å². The molecule has 0 bridgehead atoms. The van der Waals surface area contributed by atoms with Crippen LogP contribution in [0.5, 0.6) is 0 Å². The fourth-order valence-electron chi connectivity index (χ4n) is 3.35. The maximum atomic E-state index is 12.1. The van der Waals surface area contributed by atoms with Crippen molar-refractivity contribution in [2.45, 2.75) is 32.9 Å². The lowest BCUT2D eigenvalue weighted by molar-refractivity contribution is 0.133. The summed E-state index contributed by atoms with van der Waals surface area (Å²) in [6, 6.07) is 18.4. The Bertz CT molecular complexity index is 685. The van der Waals surface area contributed by atoms with Crippen LogP contribution in [0.15, 0.2) is 54.6 Å². The summed E-state index contributed by atoms with van der Waals surface area (Å²) in [7, 11) is 0. The molecule has 0 aliphatic carbocycles. The average Bonchev–Trinajstić information content (AvgIpc) is 2.61. The van der Waals surface area contributed by atoms with E-state index in [-0.39, 0.29) is 12.1 Å². The summed E-state index contributed by atoms with van der Waals surface area (Å²) >= 11 is 0. The number of hydrogen-bond acceptors (Lipinski definition) is 3. The number of amides is 1. The lowest BCUT2D eigenvalue weighted by Gasteiger charge is -2.38. The molecule has 1 heterocycles. The summed E-state index contributed by atoms with van der Waals surface area (Å²) in [6.07, 6.45) is 0.634. The predicted octanol–water partition coefficient (Wildman–Crippen LogP) is 4.14. The minimum absolute atomic E-state index is 0.105. The first-order valence-electron chi connectivity index (χ1n) is 8.89. The van der Waals surface area contributed by atoms with Gasteiger partial charge in [0.25, 0.3) is 0 Å². The quantitative estimate of drug-likeness (QED) is 0.911. The molecule has 1 aliphatic heterocycles. The molecule has 2 atom stereocenters. The zero-order valence-corrected chi connectivity index (χ0v) is 14.9. The fourth-order valence-corrected chi connectivity index (χ4v) is 3.35. The number of carbonyl (C=O) groups is 1. The van der Waals surface area contributed by atoms with Crippen LogP contribution < -0.4 is 10.2 Å². The third kappa shape index (κ3) is 4.99. The number of nitrogens with one attached hydrogen (secondary N) is 1. The van der Waals surface area contributed by atoms with Gasteiger partial charge in [-0.3, -0.25) is 0 Å². The highest BCUT2D eigenvalue weighted by Crippen LogP contribution is 2.23. The minimum Gasteiger partial charge on any atom is -0.445 e. The van der Waals surface area contributed by atoms with Crippen molar-refractivity contribution in [2.24, 2.45) is 5.92 Å². The monoisotopic (exact) mass is 338 g/mol. The summed E-state index contributed by atoms with van der Waals surface area (Å²) in [5, 5.41) is 3.03. The van der Waals surface area contributed by atoms with E-state index in [1.54, 1.807) is 0 Å². The molecular formula is C21H26N2O2. The molecule has 1 fully saturated rings. The van der Waals surface area contributed by atoms with E-state index in [4.69, 9.17) is 4.74 Å². The van der Waals surface area contributed by atoms with Crippen molar-refractivity contribution >= 4 is 11.8 Å². The van der Waals surface area contributed by atoms with Gasteiger partial charge in [-0.05, 0) is 37.0 Å². The molecule has 1 aliphatic rings. The molecule has 4 nitrogen and oxygen atoms in total. The van der Waals surface area contributed by atoms with Crippen LogP contribution in [0, 0.1) is 12.8 Å². The van der Waals surface area contributed by atoms with Crippen LogP contribution >= 0.6 is 0 Å². The molecule has 2 aromatic carbocycles. The van der Waals surface area contributed by atoms with Crippen LogP contribution in [0.3, 0.4) is 0 Å². The van der Waals surface area contributed by atoms with Crippen molar-refractivity contribution in [1.82, 2.24) is 5.32 Å². The number of piperidine rings is 1. The molecule has 0 radical (unpaired) electrons. The van der Waals surface area contributed by atoms with Crippen LogP contribution in [-0.2, 0) is 11.3 Å². The van der Waals surface area contributed by atoms with Gasteiger partial charge in [-0.2, -0.15) is 0 Å². The second kappa shape index (κ2) is 8.06. The number of rotatable bonds is 4. The van der Waals surface area contributed by atoms with Gasteiger partial charge in [0.1, 0.15) is 6.61 Å². The van der Waals surface area contributed by atoms with Gasteiger partial charge in [-0.15, -0.1) is 0 Å². The summed E-state index contributed by atoms with van der Waals surface area (Å²) in [4.78, 5) is 14.5. The maximum absolute atomic E-state index is 12.1. The number of carbonyl (C=O) groups excluding carboxylic acids is 1. The molecule has 1 amide bonds. The lowest BCUT2D eigenvalue weighted by Crippen LogP contribution is -2.50. The molecule has 0 saturated carbocycles. The molecule has 0 spiro atoms. The Balaban J connectivity index is 1.54. The van der Waals surface area contributed by atoms with Crippen LogP contribution in [0.2, 0.25) is 0 Å². The Hall–Kier alpha value is -2.49. The van der Waals surface area contributed by atoms with E-state index >= 15 is 0 Å². The second-order valence-corrected chi connectivity index (χ2v) is 6.98. The van der Waals surface area contributed by atoms with E-state index in [0.29, 0.717) is 12.5 Å². The molecule has 4 heteroatoms. The number of ether oxygens (including phenoxy) is 1. The highest BCUT2D eigenvalue weighted by molar-refractivity contribution is 5.67. The van der Waals surface area contributed by atoms with Gasteiger partial charge >= 0.3 is 6.09 Å². The van der Waals surface area contributed by atoms with Crippen molar-refractivity contribution < 1.29 is 9.53 Å². The fraction of sp³-hybridized carbons (Fsp3) is 0.381. The first-order chi connectivity index (χ1) is 12.1. The van der Waals surface area contributed by atoms with E-state index in [9.17, 15) is 4.79 Å². The Labute approximate surface area is 149 Å². The van der Waals surface area contributed by atoms with E-state index in [1.165, 1.54) is 11.3 Å². The number of benzene rings is 2. The van der Waals surface area contributed by atoms with E-state index in [2.05, 4.69) is 48.3 Å². The third-order valence-electron chi connectivity index (χ3n) is 4.59. The molecule has 132 valence electrons. The molecule has 0 aromatic heterocycles. The molecular weight excluding hydrogens is 312 g/mol. The van der Waals surface area contributed by atoms with Gasteiger partial charge in [-0.25, -0.2) is 4.79 Å². The van der Waals surface area contributed by atoms with E-state index < -0.39 is 0 Å². The largest absolute Gasteiger partial charge is 0.445 e. The molecule has 1 N–H and O–H groups in total. The van der Waals surface area contributed by atoms with Crippen LogP contribution in [0.4, 0.5) is 10.5 Å². The van der Waals surface area contributed by atoms with Gasteiger partial charge < -0.3 is 15.0 Å². The Morgan fingerprint density at radius 1 is 1.12 bits per heavy atom. The van der Waals surface area contributed by atoms with Gasteiger partial charge in [0.05, 0.1) is 0 Å². The molecule has 3 rings (SSSR count). The standard InChI is InChI=1S/C21H26N2O2/c1-16-8-10-20(11-9-16)23-13-17(2)12-19(14-23)22-21(24)25-15-18-6-4-3-5-7-18/h3-11,17,19H,12-15H2,1-2H3,(H,22,24). The molecule has 25 heavy (non-hydrogen) atoms. The second-order valence-electron chi connectivity index (χ2n) is 6.98. The topological polar surface area (TPSA) is 41.6 Å². The Kier molecular flexibility index (Phi) is 5.59. The Morgan fingerprint density at radius 2 is 1.84 bits per heavy atom. The average molecular weight is 338 g/mol. The minimum atomic E-state index is -0.341. The van der Waals surface area contributed by atoms with E-state index in [0.717, 1.165) is 25.1 Å². The number of alkyl carbamates (subject to hydrolysis) is 1. The predicted molar refractivity (Wildman–Crippen MR) is 101 cm³/mol. The van der Waals surface area contributed by atoms with Crippen molar-refractivity contribution in [2.75, 3.05) is 18.0 Å². The zero-order valence-electron chi connectivity index (χ0n) is 14.9. The van der Waals surface area contributed by atoms with Crippen LogP contribution in [0.1, 0.15) is 24.5 Å². The van der Waals surface area contributed by atoms with Gasteiger partial charge in [-0.1, -0.05) is 55.0 Å². The highest BCUT2D eigenvalue weighted by Gasteiger charge is 2.26. The zero-order chi connectivity index (χ0) is 17.6. The number of nitrogens with zero attached hydrogens (tertiary/aromatic N) is 1. The summed E-state index contributed by atoms with van der Waals surface area (Å²) < 4.78 is 5.35. The molecule has 2 unspecified atom stereocenters. The molecule has 2 aromatic rings. The number of hydrogen-bond donors (Lipinski definition) is 1. The first-order valence-corrected chi connectivity index (χ1v) is 8.89. The van der Waals surface area contributed by atoms with Crippen molar-refractivity contribution in [3.8, 4) is 0 Å². The summed E-state index contributed by atoms with van der Waals surface area (Å²) in [5.41, 5.74) is 3.46. The van der Waals surface area contributed by atoms with E-state index in [1.807, 2.05) is 30.3 Å². The SMILES string of the molecule is Cc1ccc(N2CC(C)CC(NC(=O)OCc3ccccc3)C2)cc1. The van der Waals surface area contributed by atoms with Crippen molar-refractivity contribution in [3.63, 3.8) is 0 Å². The smallest absolute Gasteiger partial charge is 0.407 e. The number of anilines is 1. The van der Waals surface area contributed by atoms with Crippen molar-refractivity contribution in [3.05, 3.63) is 65.7 Å². The highest BCUT2D eigenvalue weighted by atomic mass is 16.5. The molecule has 1 saturated heterocycles. The maximum Gasteiger partial charge on any atom is 0.407 e. The van der Waals surface area contributed by atoms with Gasteiger partial charge in [0.15, 0.2) is 0 Å². The lowest BCUT2D eigenvalue weighted by atomic mass is 9.95. The first kappa shape index (κ1) is 17.3. The van der Waals surface area contributed by atoms with Crippen LogP contribution in [0.25, 0.3) is 0 Å². The van der Waals surface area contributed by atoms with Crippen LogP contribution in [-0.4, -0.2) is 25.2 Å². The number of aryl methyl sites for hydroxylation is 1. The Morgan fingerprint density at radius 3 is 2.56 bits per heavy atom. The van der Waals surface area contributed by atoms with Gasteiger partial charge in [0, 0.05) is 24.8 Å². The summed E-state index contributed by atoms with van der Waals surface area (Å²) in [5.74, 6) is 0.523. The third-order valence-corrected chi connectivity index (χ3v) is 4.59. The normalized spacial score (nSPS) is 20.2. The summed E-state index contributed by atoms with van der Waals surface area (Å²) in [6.45, 7) is 6.45.